The van der Waals surface area contributed by atoms with Gasteiger partial charge in [-0.2, -0.15) is 0 Å². The summed E-state index contributed by atoms with van der Waals surface area (Å²) in [4.78, 5) is 70.1. The van der Waals surface area contributed by atoms with Crippen LogP contribution < -0.4 is 5.32 Å². The van der Waals surface area contributed by atoms with Crippen molar-refractivity contribution in [3.05, 3.63) is 119 Å². The molecule has 62 heavy (non-hydrogen) atoms. The van der Waals surface area contributed by atoms with Crippen molar-refractivity contribution in [2.24, 2.45) is 16.7 Å². The topological polar surface area (TPSA) is 224 Å². The Hall–Kier alpha value is -5.29. The minimum Gasteiger partial charge on any atom is -0.456 e. The minimum absolute atomic E-state index is 0.0112. The van der Waals surface area contributed by atoms with Crippen molar-refractivity contribution in [2.75, 3.05) is 6.61 Å². The summed E-state index contributed by atoms with van der Waals surface area (Å²) in [5.74, 6) is -6.16. The van der Waals surface area contributed by atoms with Crippen molar-refractivity contribution in [1.82, 2.24) is 5.32 Å². The van der Waals surface area contributed by atoms with Gasteiger partial charge in [-0.3, -0.25) is 19.7 Å². The van der Waals surface area contributed by atoms with E-state index < -0.39 is 113 Å². The van der Waals surface area contributed by atoms with Crippen LogP contribution in [0.25, 0.3) is 0 Å². The SMILES string of the molecule is CC(=O)O[C@H]1C(=O)[C@@]2(C)[C@H]([C@H](OC(=O)c3ccccc3)[C@]3(O)CC(OC(=O)[C@H](O)[C@@H](NC(O)c4ccccc4)c4ccccc4)C(C)=C1C3(C)C)[C@]1(OC(C)=O)CO[C@@H]1C[C@@H]2O. The number of benzene rings is 3. The highest BCUT2D eigenvalue weighted by molar-refractivity contribution is 5.95. The van der Waals surface area contributed by atoms with Gasteiger partial charge in [-0.05, 0) is 48.3 Å². The second-order valence-electron chi connectivity index (χ2n) is 17.5. The van der Waals surface area contributed by atoms with Crippen LogP contribution in [0.2, 0.25) is 0 Å². The molecule has 1 aliphatic heterocycles. The van der Waals surface area contributed by atoms with Gasteiger partial charge in [0.2, 0.25) is 0 Å². The van der Waals surface area contributed by atoms with E-state index in [0.29, 0.717) is 11.1 Å². The number of Topliss-reactive ketones (excluding diaryl/α,β-unsaturated/α-hetero) is 1. The third kappa shape index (κ3) is 7.43. The minimum atomic E-state index is -2.38. The zero-order valence-corrected chi connectivity index (χ0v) is 35.3. The van der Waals surface area contributed by atoms with E-state index in [9.17, 15) is 39.6 Å². The zero-order chi connectivity index (χ0) is 44.9. The third-order valence-corrected chi connectivity index (χ3v) is 13.6. The highest BCUT2D eigenvalue weighted by Gasteiger charge is 2.78. The number of nitrogens with one attached hydrogen (secondary N) is 1. The molecule has 2 bridgehead atoms. The highest BCUT2D eigenvalue weighted by atomic mass is 16.6. The Bertz CT molecular complexity index is 2230. The summed E-state index contributed by atoms with van der Waals surface area (Å²) in [5.41, 5.74) is -6.68. The lowest BCUT2D eigenvalue weighted by atomic mass is 9.44. The molecule has 3 fully saturated rings. The fraction of sp³-hybridized carbons (Fsp3) is 0.468. The van der Waals surface area contributed by atoms with Gasteiger partial charge in [0.15, 0.2) is 23.6 Å². The number of aliphatic hydroxyl groups is 4. The van der Waals surface area contributed by atoms with Crippen LogP contribution in [-0.2, 0) is 42.9 Å². The molecule has 3 aromatic rings. The summed E-state index contributed by atoms with van der Waals surface area (Å²) < 4.78 is 30.3. The molecular weight excluding hydrogens is 803 g/mol. The molecular formula is C47H53NO14. The number of ether oxygens (including phenoxy) is 5. The monoisotopic (exact) mass is 855 g/mol. The predicted molar refractivity (Wildman–Crippen MR) is 218 cm³/mol. The van der Waals surface area contributed by atoms with E-state index in [2.05, 4.69) is 5.32 Å². The summed E-state index contributed by atoms with van der Waals surface area (Å²) >= 11 is 0. The van der Waals surface area contributed by atoms with E-state index in [0.717, 1.165) is 13.8 Å². The number of carbonyl (C=O) groups is 5. The first-order chi connectivity index (χ1) is 29.3. The van der Waals surface area contributed by atoms with E-state index in [1.54, 1.807) is 92.7 Å². The molecule has 5 N–H and O–H groups in total. The molecule has 2 saturated carbocycles. The summed E-state index contributed by atoms with van der Waals surface area (Å²) in [6, 6.07) is 23.6. The van der Waals surface area contributed by atoms with Crippen LogP contribution >= 0.6 is 0 Å². The lowest BCUT2D eigenvalue weighted by Crippen LogP contribution is -2.82. The molecule has 3 aliphatic carbocycles. The van der Waals surface area contributed by atoms with Crippen LogP contribution in [0.3, 0.4) is 0 Å². The molecule has 330 valence electrons. The number of aliphatic hydroxyl groups excluding tert-OH is 3. The maximum atomic E-state index is 15.5. The molecule has 12 atom stereocenters. The van der Waals surface area contributed by atoms with Crippen LogP contribution in [0.4, 0.5) is 0 Å². The van der Waals surface area contributed by atoms with Crippen molar-refractivity contribution in [1.29, 1.82) is 0 Å². The summed E-state index contributed by atoms with van der Waals surface area (Å²) in [6.07, 6.45) is -11.7. The van der Waals surface area contributed by atoms with Crippen molar-refractivity contribution < 1.29 is 68.1 Å². The van der Waals surface area contributed by atoms with Crippen LogP contribution in [0.5, 0.6) is 0 Å². The number of hydrogen-bond donors (Lipinski definition) is 5. The van der Waals surface area contributed by atoms with Gasteiger partial charge < -0.3 is 44.1 Å². The molecule has 1 saturated heterocycles. The van der Waals surface area contributed by atoms with Crippen LogP contribution in [0, 0.1) is 16.7 Å². The second kappa shape index (κ2) is 16.8. The zero-order valence-electron chi connectivity index (χ0n) is 35.3. The van der Waals surface area contributed by atoms with Crippen LogP contribution in [-0.4, -0.2) is 105 Å². The van der Waals surface area contributed by atoms with Crippen LogP contribution in [0.15, 0.2) is 102 Å². The fourth-order valence-electron chi connectivity index (χ4n) is 10.3. The fourth-order valence-corrected chi connectivity index (χ4v) is 10.3. The van der Waals surface area contributed by atoms with E-state index in [-0.39, 0.29) is 29.7 Å². The van der Waals surface area contributed by atoms with E-state index in [1.165, 1.54) is 26.0 Å². The Morgan fingerprint density at radius 3 is 1.95 bits per heavy atom. The number of carbonyl (C=O) groups excluding carboxylic acids is 5. The maximum Gasteiger partial charge on any atom is 0.338 e. The largest absolute Gasteiger partial charge is 0.456 e. The summed E-state index contributed by atoms with van der Waals surface area (Å²) in [7, 11) is 0. The molecule has 15 heteroatoms. The van der Waals surface area contributed by atoms with E-state index in [1.807, 2.05) is 0 Å². The molecule has 0 spiro atoms. The van der Waals surface area contributed by atoms with Crippen molar-refractivity contribution in [3.63, 3.8) is 0 Å². The smallest absolute Gasteiger partial charge is 0.338 e. The van der Waals surface area contributed by atoms with Gasteiger partial charge in [0, 0.05) is 32.1 Å². The van der Waals surface area contributed by atoms with E-state index in [4.69, 9.17) is 23.7 Å². The number of rotatable bonds is 11. The molecule has 0 radical (unpaired) electrons. The first kappa shape index (κ1) is 44.8. The Kier molecular flexibility index (Phi) is 12.1. The van der Waals surface area contributed by atoms with Crippen molar-refractivity contribution in [2.45, 2.75) is 114 Å². The average molecular weight is 856 g/mol. The standard InChI is InChI=1S/C47H53NO14/c1-25-31(60-43(56)36(52)35(28-16-10-7-11-17-28)48-41(54)29-18-12-8-13-19-29)23-47(57)40(61-42(55)30-20-14-9-15-21-30)38-45(6,32(51)22-33-46(38,24-58-33)62-27(3)50)39(53)37(59-26(2)49)34(25)44(47,4)5/h7-21,31-33,35-38,40-41,48,51-52,54,57H,22-24H2,1-6H3/t31?,32-,33+,35-,36+,37+,38-,40-,41?,45+,46-,47+/m0/s1. The molecule has 15 nitrogen and oxygen atoms in total. The normalized spacial score (nSPS) is 32.5. The lowest BCUT2D eigenvalue weighted by molar-refractivity contribution is -0.346. The maximum absolute atomic E-state index is 15.5. The molecule has 1 heterocycles. The van der Waals surface area contributed by atoms with E-state index >= 15 is 4.79 Å². The molecule has 3 aromatic carbocycles. The molecule has 7 rings (SSSR count). The number of hydrogen-bond acceptors (Lipinski definition) is 15. The first-order valence-electron chi connectivity index (χ1n) is 20.6. The van der Waals surface area contributed by atoms with Gasteiger partial charge >= 0.3 is 23.9 Å². The Morgan fingerprint density at radius 1 is 0.823 bits per heavy atom. The Labute approximate surface area is 359 Å². The predicted octanol–water partition coefficient (Wildman–Crippen LogP) is 3.59. The van der Waals surface area contributed by atoms with Crippen molar-refractivity contribution >= 4 is 29.7 Å². The molecule has 0 aromatic heterocycles. The summed E-state index contributed by atoms with van der Waals surface area (Å²) in [5, 5.41) is 51.7. The first-order valence-corrected chi connectivity index (χ1v) is 20.6. The van der Waals surface area contributed by atoms with Crippen LogP contribution in [0.1, 0.15) is 88.1 Å². The highest BCUT2D eigenvalue weighted by Crippen LogP contribution is 2.64. The molecule has 4 aliphatic rings. The number of ketones is 1. The van der Waals surface area contributed by atoms with Gasteiger partial charge in [-0.25, -0.2) is 9.59 Å². The quantitative estimate of drug-likeness (QED) is 0.0805. The van der Waals surface area contributed by atoms with Gasteiger partial charge in [0.1, 0.15) is 30.1 Å². The average Bonchev–Trinajstić information content (AvgIpc) is 3.24. The van der Waals surface area contributed by atoms with Gasteiger partial charge in [0.25, 0.3) is 0 Å². The van der Waals surface area contributed by atoms with Crippen molar-refractivity contribution in [3.8, 4) is 0 Å². The Morgan fingerprint density at radius 2 is 1.40 bits per heavy atom. The van der Waals surface area contributed by atoms with Gasteiger partial charge in [-0.1, -0.05) is 92.7 Å². The van der Waals surface area contributed by atoms with Gasteiger partial charge in [0.05, 0.1) is 35.6 Å². The lowest BCUT2D eigenvalue weighted by Gasteiger charge is -2.67. The Balaban J connectivity index is 1.39. The van der Waals surface area contributed by atoms with Gasteiger partial charge in [-0.15, -0.1) is 0 Å². The summed E-state index contributed by atoms with van der Waals surface area (Å²) in [6.45, 7) is 8.03. The molecule has 0 amide bonds. The molecule has 2 unspecified atom stereocenters. The second-order valence-corrected chi connectivity index (χ2v) is 17.5. The number of fused-ring (bicyclic) bond motifs is 5. The number of esters is 4. The third-order valence-electron chi connectivity index (χ3n) is 13.6.